The SMILES string of the molecule is CC1(C)C2CCC1(C)C(Oc1ncncc1N)C2. The van der Waals surface area contributed by atoms with Gasteiger partial charge < -0.3 is 10.5 Å². The average molecular weight is 247 g/mol. The summed E-state index contributed by atoms with van der Waals surface area (Å²) in [5, 5.41) is 0. The molecule has 3 atom stereocenters. The summed E-state index contributed by atoms with van der Waals surface area (Å²) in [7, 11) is 0. The molecule has 0 amide bonds. The number of nitrogens with two attached hydrogens (primary N) is 1. The second-order valence-electron chi connectivity index (χ2n) is 6.50. The van der Waals surface area contributed by atoms with Crippen LogP contribution in [-0.2, 0) is 0 Å². The maximum absolute atomic E-state index is 6.10. The zero-order chi connectivity index (χ0) is 13.0. The molecule has 0 aliphatic heterocycles. The van der Waals surface area contributed by atoms with Gasteiger partial charge in [-0.3, -0.25) is 0 Å². The molecule has 2 N–H and O–H groups in total. The monoisotopic (exact) mass is 247 g/mol. The van der Waals surface area contributed by atoms with Gasteiger partial charge in [0.05, 0.1) is 6.20 Å². The standard InChI is InChI=1S/C14H21N3O/c1-13(2)9-4-5-14(13,3)11(6-9)18-12-10(15)7-16-8-17-12/h7-9,11H,4-6,15H2,1-3H3. The van der Waals surface area contributed by atoms with Crippen molar-refractivity contribution in [3.63, 3.8) is 0 Å². The van der Waals surface area contributed by atoms with E-state index in [1.54, 1.807) is 6.20 Å². The average Bonchev–Trinajstić information content (AvgIpc) is 2.65. The Hall–Kier alpha value is -1.32. The van der Waals surface area contributed by atoms with Gasteiger partial charge >= 0.3 is 0 Å². The first-order valence-corrected chi connectivity index (χ1v) is 6.67. The van der Waals surface area contributed by atoms with Crippen molar-refractivity contribution in [1.82, 2.24) is 9.97 Å². The van der Waals surface area contributed by atoms with E-state index in [1.807, 2.05) is 0 Å². The number of hydrogen-bond donors (Lipinski definition) is 1. The van der Waals surface area contributed by atoms with Crippen LogP contribution in [0.3, 0.4) is 0 Å². The maximum atomic E-state index is 6.10. The first-order chi connectivity index (χ1) is 8.45. The first kappa shape index (κ1) is 11.8. The molecule has 2 aliphatic rings. The van der Waals surface area contributed by atoms with Crippen LogP contribution in [0.15, 0.2) is 12.5 Å². The molecule has 1 heterocycles. The molecule has 3 rings (SSSR count). The number of nitrogens with zero attached hydrogens (tertiary/aromatic N) is 2. The summed E-state index contributed by atoms with van der Waals surface area (Å²) < 4.78 is 6.10. The highest BCUT2D eigenvalue weighted by molar-refractivity contribution is 5.45. The minimum absolute atomic E-state index is 0.225. The smallest absolute Gasteiger partial charge is 0.240 e. The molecular weight excluding hydrogens is 226 g/mol. The van der Waals surface area contributed by atoms with E-state index in [0.717, 1.165) is 12.3 Å². The lowest BCUT2D eigenvalue weighted by Crippen LogP contribution is -2.39. The van der Waals surface area contributed by atoms with Crippen molar-refractivity contribution in [1.29, 1.82) is 0 Å². The van der Waals surface area contributed by atoms with Gasteiger partial charge in [0.1, 0.15) is 18.1 Å². The molecule has 1 aromatic heterocycles. The van der Waals surface area contributed by atoms with E-state index in [9.17, 15) is 0 Å². The van der Waals surface area contributed by atoms with E-state index in [1.165, 1.54) is 19.2 Å². The topological polar surface area (TPSA) is 61.0 Å². The molecule has 0 radical (unpaired) electrons. The summed E-state index contributed by atoms with van der Waals surface area (Å²) >= 11 is 0. The Bertz CT molecular complexity index is 474. The van der Waals surface area contributed by atoms with Crippen molar-refractivity contribution in [2.45, 2.75) is 46.1 Å². The second-order valence-corrected chi connectivity index (χ2v) is 6.50. The highest BCUT2D eigenvalue weighted by Gasteiger charge is 2.62. The van der Waals surface area contributed by atoms with Crippen LogP contribution in [0, 0.1) is 16.7 Å². The van der Waals surface area contributed by atoms with Crippen LogP contribution < -0.4 is 10.5 Å². The summed E-state index contributed by atoms with van der Waals surface area (Å²) in [5.74, 6) is 1.30. The van der Waals surface area contributed by atoms with Crippen molar-refractivity contribution in [3.8, 4) is 5.88 Å². The maximum Gasteiger partial charge on any atom is 0.240 e. The Morgan fingerprint density at radius 1 is 1.39 bits per heavy atom. The summed E-state index contributed by atoms with van der Waals surface area (Å²) in [6.45, 7) is 7.09. The predicted octanol–water partition coefficient (Wildman–Crippen LogP) is 2.65. The molecule has 2 fully saturated rings. The first-order valence-electron chi connectivity index (χ1n) is 6.67. The number of hydrogen-bond acceptors (Lipinski definition) is 4. The van der Waals surface area contributed by atoms with Gasteiger partial charge in [-0.1, -0.05) is 20.8 Å². The van der Waals surface area contributed by atoms with Crippen LogP contribution in [0.5, 0.6) is 5.88 Å². The van der Waals surface area contributed by atoms with E-state index in [4.69, 9.17) is 10.5 Å². The Kier molecular flexibility index (Phi) is 2.34. The van der Waals surface area contributed by atoms with Crippen molar-refractivity contribution >= 4 is 5.69 Å². The lowest BCUT2D eigenvalue weighted by Gasteiger charge is -2.38. The van der Waals surface area contributed by atoms with E-state index < -0.39 is 0 Å². The van der Waals surface area contributed by atoms with Crippen molar-refractivity contribution in [2.75, 3.05) is 5.73 Å². The minimum atomic E-state index is 0.225. The quantitative estimate of drug-likeness (QED) is 0.872. The van der Waals surface area contributed by atoms with E-state index >= 15 is 0 Å². The molecule has 4 nitrogen and oxygen atoms in total. The highest BCUT2D eigenvalue weighted by Crippen LogP contribution is 2.66. The van der Waals surface area contributed by atoms with Crippen molar-refractivity contribution in [2.24, 2.45) is 16.7 Å². The number of nitrogen functional groups attached to an aromatic ring is 1. The third kappa shape index (κ3) is 1.38. The minimum Gasteiger partial charge on any atom is -0.472 e. The predicted molar refractivity (Wildman–Crippen MR) is 70.1 cm³/mol. The summed E-state index contributed by atoms with van der Waals surface area (Å²) in [6.07, 6.45) is 6.99. The van der Waals surface area contributed by atoms with E-state index in [-0.39, 0.29) is 11.5 Å². The van der Waals surface area contributed by atoms with Gasteiger partial charge in [-0.25, -0.2) is 4.98 Å². The third-order valence-electron chi connectivity index (χ3n) is 5.67. The Morgan fingerprint density at radius 2 is 2.17 bits per heavy atom. The zero-order valence-corrected chi connectivity index (χ0v) is 11.3. The van der Waals surface area contributed by atoms with Gasteiger partial charge in [0.15, 0.2) is 0 Å². The lowest BCUT2D eigenvalue weighted by atomic mass is 9.70. The molecule has 2 bridgehead atoms. The molecule has 0 saturated heterocycles. The molecule has 3 unspecified atom stereocenters. The molecule has 0 spiro atoms. The van der Waals surface area contributed by atoms with Crippen molar-refractivity contribution in [3.05, 3.63) is 12.5 Å². The van der Waals surface area contributed by atoms with Gasteiger partial charge in [-0.05, 0) is 30.6 Å². The second kappa shape index (κ2) is 3.59. The van der Waals surface area contributed by atoms with Crippen LogP contribution in [-0.4, -0.2) is 16.1 Å². The fourth-order valence-corrected chi connectivity index (χ4v) is 3.87. The number of anilines is 1. The van der Waals surface area contributed by atoms with Gasteiger partial charge in [0.2, 0.25) is 5.88 Å². The number of fused-ring (bicyclic) bond motifs is 2. The fourth-order valence-electron chi connectivity index (χ4n) is 3.87. The van der Waals surface area contributed by atoms with E-state index in [0.29, 0.717) is 17.0 Å². The molecule has 98 valence electrons. The molecule has 2 aliphatic carbocycles. The van der Waals surface area contributed by atoms with Crippen LogP contribution in [0.4, 0.5) is 5.69 Å². The van der Waals surface area contributed by atoms with Gasteiger partial charge in [-0.2, -0.15) is 4.98 Å². The number of rotatable bonds is 2. The molecule has 0 aromatic carbocycles. The molecule has 4 heteroatoms. The highest BCUT2D eigenvalue weighted by atomic mass is 16.5. The Morgan fingerprint density at radius 3 is 2.72 bits per heavy atom. The van der Waals surface area contributed by atoms with Crippen LogP contribution in [0.25, 0.3) is 0 Å². The Balaban J connectivity index is 1.86. The van der Waals surface area contributed by atoms with Gasteiger partial charge in [-0.15, -0.1) is 0 Å². The normalized spacial score (nSPS) is 36.8. The molecule has 18 heavy (non-hydrogen) atoms. The Labute approximate surface area is 108 Å². The third-order valence-corrected chi connectivity index (χ3v) is 5.67. The molecule has 1 aromatic rings. The van der Waals surface area contributed by atoms with Crippen molar-refractivity contribution < 1.29 is 4.74 Å². The number of ether oxygens (including phenoxy) is 1. The lowest BCUT2D eigenvalue weighted by molar-refractivity contribution is 0.0277. The molecular formula is C14H21N3O. The summed E-state index contributed by atoms with van der Waals surface area (Å²) in [6, 6.07) is 0. The summed E-state index contributed by atoms with van der Waals surface area (Å²) in [4.78, 5) is 8.04. The zero-order valence-electron chi connectivity index (χ0n) is 11.3. The van der Waals surface area contributed by atoms with Gasteiger partial charge in [0, 0.05) is 5.41 Å². The fraction of sp³-hybridized carbons (Fsp3) is 0.714. The van der Waals surface area contributed by atoms with Crippen LogP contribution >= 0.6 is 0 Å². The molecule has 2 saturated carbocycles. The van der Waals surface area contributed by atoms with Crippen LogP contribution in [0.1, 0.15) is 40.0 Å². The summed E-state index contributed by atoms with van der Waals surface area (Å²) in [5.41, 5.74) is 6.96. The number of aromatic nitrogens is 2. The largest absolute Gasteiger partial charge is 0.472 e. The van der Waals surface area contributed by atoms with Gasteiger partial charge in [0.25, 0.3) is 0 Å². The van der Waals surface area contributed by atoms with E-state index in [2.05, 4.69) is 30.7 Å². The van der Waals surface area contributed by atoms with Crippen LogP contribution in [0.2, 0.25) is 0 Å².